The van der Waals surface area contributed by atoms with E-state index in [1.165, 1.54) is 17.3 Å². The van der Waals surface area contributed by atoms with Crippen molar-refractivity contribution in [2.45, 2.75) is 26.0 Å². The lowest BCUT2D eigenvalue weighted by Gasteiger charge is -2.03. The Bertz CT molecular complexity index is 230. The van der Waals surface area contributed by atoms with Gasteiger partial charge in [0.2, 0.25) is 0 Å². The van der Waals surface area contributed by atoms with Crippen LogP contribution in [0.25, 0.3) is 0 Å². The first-order valence-electron chi connectivity index (χ1n) is 4.03. The molecule has 0 radical (unpaired) electrons. The van der Waals surface area contributed by atoms with E-state index in [0.29, 0.717) is 0 Å². The molecule has 1 heterocycles. The number of allylic oxidation sites excluding steroid dienone is 1. The first-order chi connectivity index (χ1) is 5.84. The van der Waals surface area contributed by atoms with E-state index in [2.05, 4.69) is 17.0 Å². The molecule has 12 heavy (non-hydrogen) atoms. The summed E-state index contributed by atoms with van der Waals surface area (Å²) in [6.45, 7) is 2.09. The number of hydrogen-bond donors (Lipinski definition) is 1. The summed E-state index contributed by atoms with van der Waals surface area (Å²) in [5, 5.41) is 13.2. The van der Waals surface area contributed by atoms with Crippen molar-refractivity contribution in [2.75, 3.05) is 0 Å². The van der Waals surface area contributed by atoms with Gasteiger partial charge in [0.25, 0.3) is 0 Å². The van der Waals surface area contributed by atoms with Crippen LogP contribution in [0.5, 0.6) is 0 Å². The van der Waals surface area contributed by atoms with Gasteiger partial charge in [-0.05, 0) is 12.5 Å². The molecular formula is C8H13N3O. The highest BCUT2D eigenvalue weighted by Crippen LogP contribution is 2.01. The van der Waals surface area contributed by atoms with Crippen LogP contribution in [-0.2, 0) is 0 Å². The molecule has 0 spiro atoms. The number of hydrogen-bond acceptors (Lipinski definition) is 3. The third kappa shape index (κ3) is 2.47. The predicted molar refractivity (Wildman–Crippen MR) is 45.3 cm³/mol. The second-order valence-corrected chi connectivity index (χ2v) is 2.51. The monoisotopic (exact) mass is 167 g/mol. The molecule has 0 amide bonds. The Labute approximate surface area is 71.6 Å². The molecule has 1 N–H and O–H groups in total. The molecule has 0 aliphatic rings. The largest absolute Gasteiger partial charge is 0.368 e. The minimum atomic E-state index is -0.681. The van der Waals surface area contributed by atoms with E-state index in [0.717, 1.165) is 12.8 Å². The molecule has 0 aliphatic heterocycles. The highest BCUT2D eigenvalue weighted by molar-refractivity contribution is 4.85. The lowest BCUT2D eigenvalue weighted by molar-refractivity contribution is 0.139. The van der Waals surface area contributed by atoms with Crippen LogP contribution in [0.15, 0.2) is 24.8 Å². The SMILES string of the molecule is CCC/C=C/C(O)n1cncn1. The summed E-state index contributed by atoms with van der Waals surface area (Å²) < 4.78 is 1.40. The summed E-state index contributed by atoms with van der Waals surface area (Å²) in [6.07, 6.45) is 7.91. The van der Waals surface area contributed by atoms with Gasteiger partial charge in [0, 0.05) is 0 Å². The number of aromatic nitrogens is 3. The average Bonchev–Trinajstić information content (AvgIpc) is 2.56. The Morgan fingerprint density at radius 1 is 1.67 bits per heavy atom. The number of nitrogens with zero attached hydrogens (tertiary/aromatic N) is 3. The normalized spacial score (nSPS) is 13.8. The Kier molecular flexibility index (Phi) is 3.47. The zero-order valence-electron chi connectivity index (χ0n) is 7.09. The molecule has 1 unspecified atom stereocenters. The maximum atomic E-state index is 9.41. The predicted octanol–water partition coefficient (Wildman–Crippen LogP) is 1.13. The first-order valence-corrected chi connectivity index (χ1v) is 4.03. The fourth-order valence-electron chi connectivity index (χ4n) is 0.827. The van der Waals surface area contributed by atoms with E-state index in [-0.39, 0.29) is 0 Å². The summed E-state index contributed by atoms with van der Waals surface area (Å²) >= 11 is 0. The summed E-state index contributed by atoms with van der Waals surface area (Å²) in [5.41, 5.74) is 0. The molecule has 0 aromatic carbocycles. The van der Waals surface area contributed by atoms with Gasteiger partial charge in [0.1, 0.15) is 12.7 Å². The lowest BCUT2D eigenvalue weighted by Crippen LogP contribution is -2.05. The molecule has 0 aliphatic carbocycles. The van der Waals surface area contributed by atoms with E-state index in [4.69, 9.17) is 0 Å². The minimum Gasteiger partial charge on any atom is -0.368 e. The van der Waals surface area contributed by atoms with Crippen molar-refractivity contribution in [2.24, 2.45) is 0 Å². The molecule has 0 saturated heterocycles. The van der Waals surface area contributed by atoms with Crippen LogP contribution in [0.2, 0.25) is 0 Å². The summed E-state index contributed by atoms with van der Waals surface area (Å²) in [7, 11) is 0. The maximum Gasteiger partial charge on any atom is 0.167 e. The second-order valence-electron chi connectivity index (χ2n) is 2.51. The van der Waals surface area contributed by atoms with Crippen molar-refractivity contribution in [1.29, 1.82) is 0 Å². The molecule has 4 heteroatoms. The molecule has 4 nitrogen and oxygen atoms in total. The fraction of sp³-hybridized carbons (Fsp3) is 0.500. The highest BCUT2D eigenvalue weighted by Gasteiger charge is 1.99. The van der Waals surface area contributed by atoms with Crippen molar-refractivity contribution in [3.8, 4) is 0 Å². The fourth-order valence-corrected chi connectivity index (χ4v) is 0.827. The Morgan fingerprint density at radius 3 is 3.08 bits per heavy atom. The first kappa shape index (κ1) is 8.93. The molecule has 1 aromatic heterocycles. The zero-order chi connectivity index (χ0) is 8.81. The summed E-state index contributed by atoms with van der Waals surface area (Å²) in [6, 6.07) is 0. The standard InChI is InChI=1S/C8H13N3O/c1-2-3-4-5-8(12)11-7-9-6-10-11/h4-8,12H,2-3H2,1H3/b5-4+. The third-order valence-corrected chi connectivity index (χ3v) is 1.47. The molecule has 1 aromatic rings. The van der Waals surface area contributed by atoms with Crippen LogP contribution >= 0.6 is 0 Å². The zero-order valence-corrected chi connectivity index (χ0v) is 7.09. The van der Waals surface area contributed by atoms with Gasteiger partial charge in [-0.15, -0.1) is 0 Å². The Balaban J connectivity index is 2.44. The average molecular weight is 167 g/mol. The van der Waals surface area contributed by atoms with Crippen LogP contribution in [0.1, 0.15) is 26.0 Å². The molecule has 1 rings (SSSR count). The van der Waals surface area contributed by atoms with Gasteiger partial charge < -0.3 is 5.11 Å². The van der Waals surface area contributed by atoms with Gasteiger partial charge in [-0.2, -0.15) is 5.10 Å². The number of unbranched alkanes of at least 4 members (excludes halogenated alkanes) is 1. The van der Waals surface area contributed by atoms with Gasteiger partial charge in [0.15, 0.2) is 6.23 Å². The highest BCUT2D eigenvalue weighted by atomic mass is 16.3. The smallest absolute Gasteiger partial charge is 0.167 e. The van der Waals surface area contributed by atoms with E-state index >= 15 is 0 Å². The summed E-state index contributed by atoms with van der Waals surface area (Å²) in [5.74, 6) is 0. The molecule has 0 saturated carbocycles. The van der Waals surface area contributed by atoms with Gasteiger partial charge in [0.05, 0.1) is 0 Å². The van der Waals surface area contributed by atoms with Gasteiger partial charge in [-0.25, -0.2) is 9.67 Å². The molecular weight excluding hydrogens is 154 g/mol. The van der Waals surface area contributed by atoms with E-state index in [1.807, 2.05) is 6.08 Å². The van der Waals surface area contributed by atoms with Crippen LogP contribution in [0.3, 0.4) is 0 Å². The molecule has 1 atom stereocenters. The van der Waals surface area contributed by atoms with Crippen LogP contribution in [0, 0.1) is 0 Å². The quantitative estimate of drug-likeness (QED) is 0.684. The van der Waals surface area contributed by atoms with Crippen LogP contribution in [0.4, 0.5) is 0 Å². The van der Waals surface area contributed by atoms with Crippen molar-refractivity contribution < 1.29 is 5.11 Å². The third-order valence-electron chi connectivity index (χ3n) is 1.47. The van der Waals surface area contributed by atoms with E-state index in [1.54, 1.807) is 6.08 Å². The van der Waals surface area contributed by atoms with E-state index in [9.17, 15) is 5.11 Å². The summed E-state index contributed by atoms with van der Waals surface area (Å²) in [4.78, 5) is 3.73. The molecule has 66 valence electrons. The topological polar surface area (TPSA) is 50.9 Å². The van der Waals surface area contributed by atoms with Gasteiger partial charge in [-0.1, -0.05) is 19.4 Å². The molecule has 0 bridgehead atoms. The number of rotatable bonds is 4. The van der Waals surface area contributed by atoms with Crippen molar-refractivity contribution in [3.05, 3.63) is 24.8 Å². The Hall–Kier alpha value is -1.16. The second kappa shape index (κ2) is 4.66. The molecule has 0 fully saturated rings. The van der Waals surface area contributed by atoms with Crippen LogP contribution < -0.4 is 0 Å². The minimum absolute atomic E-state index is 0.681. The Morgan fingerprint density at radius 2 is 2.50 bits per heavy atom. The van der Waals surface area contributed by atoms with Crippen molar-refractivity contribution in [3.63, 3.8) is 0 Å². The number of aliphatic hydroxyl groups is 1. The number of aliphatic hydroxyl groups excluding tert-OH is 1. The van der Waals surface area contributed by atoms with Crippen molar-refractivity contribution >= 4 is 0 Å². The lowest BCUT2D eigenvalue weighted by atomic mass is 10.3. The van der Waals surface area contributed by atoms with Crippen molar-refractivity contribution in [1.82, 2.24) is 14.8 Å². The van der Waals surface area contributed by atoms with E-state index < -0.39 is 6.23 Å². The van der Waals surface area contributed by atoms with Gasteiger partial charge in [-0.3, -0.25) is 0 Å². The maximum absolute atomic E-state index is 9.41. The van der Waals surface area contributed by atoms with Gasteiger partial charge >= 0.3 is 0 Å². The van der Waals surface area contributed by atoms with Crippen LogP contribution in [-0.4, -0.2) is 19.9 Å².